The summed E-state index contributed by atoms with van der Waals surface area (Å²) in [6, 6.07) is 27.4. The molecule has 4 aromatic rings. The van der Waals surface area contributed by atoms with Crippen LogP contribution >= 0.6 is 34.8 Å². The van der Waals surface area contributed by atoms with Crippen molar-refractivity contribution in [1.29, 1.82) is 0 Å². The minimum Gasteiger partial charge on any atom is -0.274 e. The Morgan fingerprint density at radius 2 is 1.45 bits per heavy atom. The molecule has 2 bridgehead atoms. The van der Waals surface area contributed by atoms with Gasteiger partial charge in [0.2, 0.25) is 17.7 Å². The van der Waals surface area contributed by atoms with Gasteiger partial charge in [-0.3, -0.25) is 14.4 Å². The Labute approximate surface area is 256 Å². The minimum atomic E-state index is -1.11. The highest BCUT2D eigenvalue weighted by molar-refractivity contribution is 6.38. The first kappa shape index (κ1) is 26.9. The van der Waals surface area contributed by atoms with Gasteiger partial charge in [0, 0.05) is 22.2 Å². The van der Waals surface area contributed by atoms with Gasteiger partial charge in [-0.25, -0.2) is 10.3 Å². The van der Waals surface area contributed by atoms with Crippen molar-refractivity contribution in [2.24, 2.45) is 16.9 Å². The van der Waals surface area contributed by atoms with E-state index in [0.29, 0.717) is 15.7 Å². The van der Waals surface area contributed by atoms with Crippen LogP contribution in [0.3, 0.4) is 0 Å². The van der Waals surface area contributed by atoms with Crippen molar-refractivity contribution in [3.8, 4) is 0 Å². The molecule has 6 nitrogen and oxygen atoms in total. The van der Waals surface area contributed by atoms with Gasteiger partial charge in [-0.15, -0.1) is 0 Å². The Hall–Kier alpha value is -3.97. The van der Waals surface area contributed by atoms with Crippen LogP contribution in [0.5, 0.6) is 0 Å². The zero-order chi connectivity index (χ0) is 29.2. The van der Waals surface area contributed by atoms with Crippen molar-refractivity contribution in [2.45, 2.75) is 17.8 Å². The first-order valence-electron chi connectivity index (χ1n) is 13.4. The van der Waals surface area contributed by atoms with E-state index in [4.69, 9.17) is 34.8 Å². The monoisotopic (exact) mass is 613 g/mol. The topological polar surface area (TPSA) is 78.8 Å². The van der Waals surface area contributed by atoms with Crippen LogP contribution in [0, 0.1) is 11.8 Å². The summed E-state index contributed by atoms with van der Waals surface area (Å²) in [5, 5.41) is 5.64. The summed E-state index contributed by atoms with van der Waals surface area (Å²) in [5.74, 6) is -2.84. The third-order valence-electron chi connectivity index (χ3n) is 8.57. The number of anilines is 1. The molecule has 3 amide bonds. The summed E-state index contributed by atoms with van der Waals surface area (Å²) < 4.78 is 0. The average molecular weight is 615 g/mol. The largest absolute Gasteiger partial charge is 0.274 e. The Bertz CT molecular complexity index is 1770. The van der Waals surface area contributed by atoms with Gasteiger partial charge in [-0.2, -0.15) is 5.10 Å². The third kappa shape index (κ3) is 3.93. The second kappa shape index (κ2) is 10.1. The Kier molecular flexibility index (Phi) is 6.46. The summed E-state index contributed by atoms with van der Waals surface area (Å²) in [5.41, 5.74) is 6.30. The molecule has 1 heterocycles. The van der Waals surface area contributed by atoms with E-state index in [2.05, 4.69) is 10.5 Å². The maximum Gasteiger partial charge on any atom is 0.244 e. The number of benzene rings is 4. The molecule has 2 atom stereocenters. The molecule has 1 aliphatic heterocycles. The first-order chi connectivity index (χ1) is 20.3. The number of nitrogens with zero attached hydrogens (tertiary/aromatic N) is 2. The Balaban J connectivity index is 1.35. The number of nitrogens with one attached hydrogen (secondary N) is 1. The summed E-state index contributed by atoms with van der Waals surface area (Å²) >= 11 is 18.6. The number of carbonyl (C=O) groups excluding carboxylic acids is 3. The second-order valence-corrected chi connectivity index (χ2v) is 12.0. The average Bonchev–Trinajstić information content (AvgIpc) is 3.25. The number of halogens is 3. The molecule has 8 rings (SSSR count). The van der Waals surface area contributed by atoms with E-state index in [0.717, 1.165) is 27.8 Å². The standard InChI is InChI=1S/C33H22Cl3N3O3/c34-19-11-9-18(10-12-19)15-27(40)38-37-17-33-23-7-3-1-5-21(23)28(22-6-2-4-8-24(22)33)29-30(33)32(42)39(31(29)41)26-14-13-20(35)16-25(26)36/h1-14,16-17,28-30H,15H2,(H,38,40)/b37-17-/t28?,29-,30+,33?/m0/s1. The SMILES string of the molecule is O=C(Cc1ccc(Cl)cc1)N/N=C\C12c3ccccc3C(c3ccccc31)[C@@H]1C(=O)N(c3ccc(Cl)cc3Cl)C(=O)[C@@H]12. The predicted molar refractivity (Wildman–Crippen MR) is 163 cm³/mol. The lowest BCUT2D eigenvalue weighted by Gasteiger charge is -2.52. The van der Waals surface area contributed by atoms with E-state index in [-0.39, 0.29) is 35.1 Å². The zero-order valence-electron chi connectivity index (χ0n) is 21.9. The molecule has 1 N–H and O–H groups in total. The van der Waals surface area contributed by atoms with Gasteiger partial charge < -0.3 is 0 Å². The smallest absolute Gasteiger partial charge is 0.244 e. The maximum absolute atomic E-state index is 14.4. The minimum absolute atomic E-state index is 0.100. The van der Waals surface area contributed by atoms with Crippen molar-refractivity contribution in [3.63, 3.8) is 0 Å². The predicted octanol–water partition coefficient (Wildman–Crippen LogP) is 6.54. The molecule has 0 unspecified atom stereocenters. The van der Waals surface area contributed by atoms with Gasteiger partial charge in [-0.1, -0.05) is 95.5 Å². The van der Waals surface area contributed by atoms with Crippen LogP contribution in [0.2, 0.25) is 15.1 Å². The molecule has 9 heteroatoms. The fourth-order valence-electron chi connectivity index (χ4n) is 6.98. The first-order valence-corrected chi connectivity index (χ1v) is 14.5. The lowest BCUT2D eigenvalue weighted by molar-refractivity contribution is -0.123. The fraction of sp³-hybridized carbons (Fsp3) is 0.152. The van der Waals surface area contributed by atoms with Crippen molar-refractivity contribution >= 4 is 64.4 Å². The number of carbonyl (C=O) groups is 3. The van der Waals surface area contributed by atoms with Gasteiger partial charge in [-0.05, 0) is 58.1 Å². The summed E-state index contributed by atoms with van der Waals surface area (Å²) in [4.78, 5) is 42.7. The molecule has 3 aliphatic carbocycles. The molecule has 0 aromatic heterocycles. The molecule has 0 radical (unpaired) electrons. The van der Waals surface area contributed by atoms with Crippen LogP contribution in [-0.4, -0.2) is 23.9 Å². The number of rotatable bonds is 5. The normalized spacial score (nSPS) is 23.6. The molecule has 208 valence electrons. The van der Waals surface area contributed by atoms with Crippen LogP contribution < -0.4 is 10.3 Å². The van der Waals surface area contributed by atoms with Gasteiger partial charge in [0.05, 0.1) is 34.4 Å². The number of hydrogen-bond acceptors (Lipinski definition) is 4. The molecule has 42 heavy (non-hydrogen) atoms. The quantitative estimate of drug-likeness (QED) is 0.158. The van der Waals surface area contributed by atoms with Gasteiger partial charge in [0.15, 0.2) is 0 Å². The van der Waals surface area contributed by atoms with Crippen molar-refractivity contribution in [3.05, 3.63) is 134 Å². The van der Waals surface area contributed by atoms with E-state index < -0.39 is 17.3 Å². The summed E-state index contributed by atoms with van der Waals surface area (Å²) in [6.45, 7) is 0. The number of imide groups is 1. The summed E-state index contributed by atoms with van der Waals surface area (Å²) in [6.07, 6.45) is 1.73. The van der Waals surface area contributed by atoms with Gasteiger partial charge >= 0.3 is 0 Å². The molecular weight excluding hydrogens is 593 g/mol. The molecule has 1 saturated heterocycles. The van der Waals surface area contributed by atoms with Crippen molar-refractivity contribution in [2.75, 3.05) is 4.90 Å². The van der Waals surface area contributed by atoms with Crippen molar-refractivity contribution in [1.82, 2.24) is 5.43 Å². The lowest BCUT2D eigenvalue weighted by atomic mass is 9.47. The highest BCUT2D eigenvalue weighted by Gasteiger charge is 2.68. The Morgan fingerprint density at radius 1 is 0.833 bits per heavy atom. The molecule has 1 fully saturated rings. The maximum atomic E-state index is 14.4. The van der Waals surface area contributed by atoms with Crippen LogP contribution in [0.25, 0.3) is 0 Å². The highest BCUT2D eigenvalue weighted by atomic mass is 35.5. The van der Waals surface area contributed by atoms with E-state index in [1.54, 1.807) is 42.6 Å². The van der Waals surface area contributed by atoms with E-state index in [1.165, 1.54) is 11.0 Å². The molecular formula is C33H22Cl3N3O3. The van der Waals surface area contributed by atoms with Gasteiger partial charge in [0.1, 0.15) is 0 Å². The lowest BCUT2D eigenvalue weighted by Crippen LogP contribution is -2.54. The fourth-order valence-corrected chi connectivity index (χ4v) is 7.60. The van der Waals surface area contributed by atoms with E-state index in [9.17, 15) is 14.4 Å². The number of amides is 3. The van der Waals surface area contributed by atoms with E-state index >= 15 is 0 Å². The molecule has 4 aromatic carbocycles. The summed E-state index contributed by atoms with van der Waals surface area (Å²) in [7, 11) is 0. The number of hydrogen-bond donors (Lipinski definition) is 1. The van der Waals surface area contributed by atoms with Crippen molar-refractivity contribution < 1.29 is 14.4 Å². The highest BCUT2D eigenvalue weighted by Crippen LogP contribution is 2.63. The second-order valence-electron chi connectivity index (χ2n) is 10.7. The third-order valence-corrected chi connectivity index (χ3v) is 9.36. The van der Waals surface area contributed by atoms with Crippen LogP contribution in [0.1, 0.15) is 33.7 Å². The van der Waals surface area contributed by atoms with Crippen LogP contribution in [0.4, 0.5) is 5.69 Å². The number of hydrazone groups is 1. The molecule has 4 aliphatic rings. The Morgan fingerprint density at radius 3 is 2.10 bits per heavy atom. The molecule has 0 spiro atoms. The van der Waals surface area contributed by atoms with Crippen LogP contribution in [-0.2, 0) is 26.2 Å². The van der Waals surface area contributed by atoms with Crippen LogP contribution in [0.15, 0.2) is 96.1 Å². The zero-order valence-corrected chi connectivity index (χ0v) is 24.2. The molecule has 0 saturated carbocycles. The van der Waals surface area contributed by atoms with Gasteiger partial charge in [0.25, 0.3) is 0 Å². The van der Waals surface area contributed by atoms with E-state index in [1.807, 2.05) is 48.5 Å².